The summed E-state index contributed by atoms with van der Waals surface area (Å²) in [6, 6.07) is 5.34. The van der Waals surface area contributed by atoms with Gasteiger partial charge in [-0.2, -0.15) is 0 Å². The van der Waals surface area contributed by atoms with Crippen LogP contribution in [0.25, 0.3) is 0 Å². The van der Waals surface area contributed by atoms with Gasteiger partial charge >= 0.3 is 0 Å². The zero-order chi connectivity index (χ0) is 14.0. The molecule has 1 aromatic heterocycles. The summed E-state index contributed by atoms with van der Waals surface area (Å²) in [5.41, 5.74) is 6.22. The number of benzene rings is 1. The molecule has 0 aliphatic rings. The fourth-order valence-corrected chi connectivity index (χ4v) is 1.94. The van der Waals surface area contributed by atoms with Crippen molar-refractivity contribution in [2.24, 2.45) is 5.73 Å². The average molecular weight is 344 g/mol. The molecule has 3 nitrogen and oxygen atoms in total. The van der Waals surface area contributed by atoms with Crippen LogP contribution in [0.3, 0.4) is 0 Å². The van der Waals surface area contributed by atoms with Gasteiger partial charge in [-0.3, -0.25) is 4.98 Å². The second-order valence-electron chi connectivity index (χ2n) is 3.63. The van der Waals surface area contributed by atoms with Crippen molar-refractivity contribution in [1.82, 2.24) is 4.98 Å². The van der Waals surface area contributed by atoms with Crippen LogP contribution < -0.4 is 11.1 Å². The van der Waals surface area contributed by atoms with E-state index in [1.165, 1.54) is 6.20 Å². The van der Waals surface area contributed by atoms with E-state index < -0.39 is 11.6 Å². The highest BCUT2D eigenvalue weighted by Gasteiger charge is 2.11. The third-order valence-electron chi connectivity index (χ3n) is 2.32. The van der Waals surface area contributed by atoms with Gasteiger partial charge in [-0.1, -0.05) is 12.2 Å². The van der Waals surface area contributed by atoms with Gasteiger partial charge in [-0.05, 0) is 34.1 Å². The van der Waals surface area contributed by atoms with E-state index in [9.17, 15) is 8.78 Å². The lowest BCUT2D eigenvalue weighted by Gasteiger charge is -2.11. The Bertz CT molecular complexity index is 649. The molecule has 1 heterocycles. The highest BCUT2D eigenvalue weighted by molar-refractivity contribution is 9.10. The van der Waals surface area contributed by atoms with E-state index >= 15 is 0 Å². The molecule has 0 saturated carbocycles. The molecule has 0 spiro atoms. The predicted molar refractivity (Wildman–Crippen MR) is 77.5 cm³/mol. The standard InChI is InChI=1S/C12H8BrF2N3S/c13-6-4-8(15)10(5-7(6)14)18-9-2-1-3-17-11(9)12(16)19/h1-5,18H,(H2,16,19). The first-order valence-electron chi connectivity index (χ1n) is 5.15. The van der Waals surface area contributed by atoms with Crippen LogP contribution in [0.1, 0.15) is 5.69 Å². The highest BCUT2D eigenvalue weighted by atomic mass is 79.9. The van der Waals surface area contributed by atoms with Crippen molar-refractivity contribution in [3.8, 4) is 0 Å². The molecule has 98 valence electrons. The molecule has 0 aliphatic carbocycles. The number of hydrogen-bond acceptors (Lipinski definition) is 3. The Morgan fingerprint density at radius 3 is 2.68 bits per heavy atom. The van der Waals surface area contributed by atoms with Crippen LogP contribution in [0, 0.1) is 11.6 Å². The first kappa shape index (κ1) is 13.8. The number of anilines is 2. The molecule has 3 N–H and O–H groups in total. The SMILES string of the molecule is NC(=S)c1ncccc1Nc1cc(F)c(Br)cc1F. The summed E-state index contributed by atoms with van der Waals surface area (Å²) in [6.07, 6.45) is 1.51. The number of aromatic nitrogens is 1. The smallest absolute Gasteiger partial charge is 0.147 e. The van der Waals surface area contributed by atoms with E-state index in [1.54, 1.807) is 12.1 Å². The van der Waals surface area contributed by atoms with Gasteiger partial charge in [0.05, 0.1) is 15.8 Å². The number of nitrogens with two attached hydrogens (primary N) is 1. The van der Waals surface area contributed by atoms with Crippen molar-refractivity contribution >= 4 is 44.5 Å². The molecule has 19 heavy (non-hydrogen) atoms. The molecule has 2 aromatic rings. The topological polar surface area (TPSA) is 50.9 Å². The quantitative estimate of drug-likeness (QED) is 0.661. The molecule has 7 heteroatoms. The first-order chi connectivity index (χ1) is 8.99. The zero-order valence-electron chi connectivity index (χ0n) is 9.45. The van der Waals surface area contributed by atoms with Crippen molar-refractivity contribution in [3.63, 3.8) is 0 Å². The average Bonchev–Trinajstić information content (AvgIpc) is 2.36. The van der Waals surface area contributed by atoms with Gasteiger partial charge in [0.15, 0.2) is 0 Å². The Hall–Kier alpha value is -1.60. The molecule has 0 bridgehead atoms. The van der Waals surface area contributed by atoms with Gasteiger partial charge < -0.3 is 11.1 Å². The number of halogens is 3. The lowest BCUT2D eigenvalue weighted by Crippen LogP contribution is -2.14. The third-order valence-corrected chi connectivity index (χ3v) is 3.12. The minimum atomic E-state index is -0.606. The lowest BCUT2D eigenvalue weighted by atomic mass is 10.2. The van der Waals surface area contributed by atoms with Crippen molar-refractivity contribution < 1.29 is 8.78 Å². The molecule has 0 fully saturated rings. The normalized spacial score (nSPS) is 10.3. The Kier molecular flexibility index (Phi) is 4.06. The Morgan fingerprint density at radius 1 is 1.26 bits per heavy atom. The van der Waals surface area contributed by atoms with Gasteiger partial charge in [-0.25, -0.2) is 8.78 Å². The number of pyridine rings is 1. The molecule has 0 saturated heterocycles. The van der Waals surface area contributed by atoms with Crippen LogP contribution >= 0.6 is 28.1 Å². The van der Waals surface area contributed by atoms with E-state index in [1.807, 2.05) is 0 Å². The number of nitrogens with zero attached hydrogens (tertiary/aromatic N) is 1. The minimum absolute atomic E-state index is 0.0220. The summed E-state index contributed by atoms with van der Waals surface area (Å²) >= 11 is 7.75. The largest absolute Gasteiger partial charge is 0.388 e. The maximum absolute atomic E-state index is 13.7. The van der Waals surface area contributed by atoms with Crippen molar-refractivity contribution in [3.05, 3.63) is 52.3 Å². The van der Waals surface area contributed by atoms with Crippen LogP contribution in [0.2, 0.25) is 0 Å². The van der Waals surface area contributed by atoms with Gasteiger partial charge in [-0.15, -0.1) is 0 Å². The summed E-state index contributed by atoms with van der Waals surface area (Å²) in [5, 5.41) is 2.72. The number of thiocarbonyl (C=S) groups is 1. The maximum Gasteiger partial charge on any atom is 0.147 e. The Balaban J connectivity index is 2.42. The highest BCUT2D eigenvalue weighted by Crippen LogP contribution is 2.26. The van der Waals surface area contributed by atoms with Gasteiger partial charge in [0.2, 0.25) is 0 Å². The van der Waals surface area contributed by atoms with Crippen LogP contribution in [0.5, 0.6) is 0 Å². The van der Waals surface area contributed by atoms with Crippen molar-refractivity contribution in [1.29, 1.82) is 0 Å². The second-order valence-corrected chi connectivity index (χ2v) is 4.93. The van der Waals surface area contributed by atoms with E-state index in [-0.39, 0.29) is 15.1 Å². The molecule has 1 aromatic carbocycles. The van der Waals surface area contributed by atoms with E-state index in [0.717, 1.165) is 12.1 Å². The van der Waals surface area contributed by atoms with E-state index in [4.69, 9.17) is 18.0 Å². The molecule has 0 amide bonds. The first-order valence-corrected chi connectivity index (χ1v) is 6.35. The Morgan fingerprint density at radius 2 is 2.00 bits per heavy atom. The summed E-state index contributed by atoms with van der Waals surface area (Å²) in [7, 11) is 0. The number of nitrogens with one attached hydrogen (secondary N) is 1. The fraction of sp³-hybridized carbons (Fsp3) is 0. The van der Waals surface area contributed by atoms with Gasteiger partial charge in [0, 0.05) is 12.3 Å². The predicted octanol–water partition coefficient (Wildman–Crippen LogP) is 3.50. The van der Waals surface area contributed by atoms with Crippen molar-refractivity contribution in [2.45, 2.75) is 0 Å². The van der Waals surface area contributed by atoms with Crippen LogP contribution in [0.4, 0.5) is 20.2 Å². The minimum Gasteiger partial charge on any atom is -0.388 e. The molecule has 0 aliphatic heterocycles. The van der Waals surface area contributed by atoms with Crippen LogP contribution in [-0.2, 0) is 0 Å². The van der Waals surface area contributed by atoms with Gasteiger partial charge in [0.25, 0.3) is 0 Å². The monoisotopic (exact) mass is 343 g/mol. The molecule has 0 radical (unpaired) electrons. The van der Waals surface area contributed by atoms with Crippen LogP contribution in [-0.4, -0.2) is 9.97 Å². The Labute approximate surface area is 122 Å². The summed E-state index contributed by atoms with van der Waals surface area (Å²) in [4.78, 5) is 4.06. The molecule has 0 unspecified atom stereocenters. The summed E-state index contributed by atoms with van der Waals surface area (Å²) < 4.78 is 27.2. The third kappa shape index (κ3) is 3.05. The number of rotatable bonds is 3. The van der Waals surface area contributed by atoms with Gasteiger partial charge in [0.1, 0.15) is 22.3 Å². The van der Waals surface area contributed by atoms with Crippen LogP contribution in [0.15, 0.2) is 34.9 Å². The molecule has 0 atom stereocenters. The van der Waals surface area contributed by atoms with E-state index in [2.05, 4.69) is 26.2 Å². The lowest BCUT2D eigenvalue weighted by molar-refractivity contribution is 0.598. The zero-order valence-corrected chi connectivity index (χ0v) is 11.9. The fourth-order valence-electron chi connectivity index (χ4n) is 1.47. The number of hydrogen-bond donors (Lipinski definition) is 2. The maximum atomic E-state index is 13.7. The summed E-state index contributed by atoms with van der Waals surface area (Å²) in [5.74, 6) is -1.18. The molecular formula is C12H8BrF2N3S. The summed E-state index contributed by atoms with van der Waals surface area (Å²) in [6.45, 7) is 0. The second kappa shape index (κ2) is 5.58. The van der Waals surface area contributed by atoms with Crippen molar-refractivity contribution in [2.75, 3.05) is 5.32 Å². The molecule has 2 rings (SSSR count). The van der Waals surface area contributed by atoms with E-state index in [0.29, 0.717) is 11.4 Å². The molecular weight excluding hydrogens is 336 g/mol.